The topological polar surface area (TPSA) is 55.1 Å². The fourth-order valence-corrected chi connectivity index (χ4v) is 3.00. The third kappa shape index (κ3) is 2.39. The van der Waals surface area contributed by atoms with Crippen molar-refractivity contribution in [3.8, 4) is 16.3 Å². The highest BCUT2D eigenvalue weighted by atomic mass is 79.9. The fourth-order valence-electron chi connectivity index (χ4n) is 1.89. The lowest BCUT2D eigenvalue weighted by Crippen LogP contribution is -2.02. The average molecular weight is 349 g/mol. The molecule has 6 heteroatoms. The van der Waals surface area contributed by atoms with Crippen LogP contribution in [0.15, 0.2) is 52.3 Å². The van der Waals surface area contributed by atoms with Crippen molar-refractivity contribution in [3.63, 3.8) is 0 Å². The molecule has 0 aliphatic carbocycles. The van der Waals surface area contributed by atoms with Gasteiger partial charge < -0.3 is 5.11 Å². The van der Waals surface area contributed by atoms with Gasteiger partial charge in [0.1, 0.15) is 0 Å². The van der Waals surface area contributed by atoms with Crippen molar-refractivity contribution in [3.05, 3.63) is 58.0 Å². The minimum absolute atomic E-state index is 0.0355. The summed E-state index contributed by atoms with van der Waals surface area (Å²) in [5.74, 6) is -1.03. The lowest BCUT2D eigenvalue weighted by molar-refractivity contribution is 0.0690. The van der Waals surface area contributed by atoms with Crippen LogP contribution in [-0.2, 0) is 0 Å². The number of carboxylic acid groups (broad SMARTS) is 1. The molecule has 0 saturated heterocycles. The van der Waals surface area contributed by atoms with Gasteiger partial charge in [-0.3, -0.25) is 0 Å². The van der Waals surface area contributed by atoms with Gasteiger partial charge in [0.2, 0.25) is 0 Å². The van der Waals surface area contributed by atoms with Crippen molar-refractivity contribution < 1.29 is 9.90 Å². The number of carbonyl (C=O) groups is 1. The molecule has 0 amide bonds. The first-order valence-electron chi connectivity index (χ1n) is 5.78. The molecule has 2 heterocycles. The number of nitrogens with zero attached hydrogens (tertiary/aromatic N) is 2. The quantitative estimate of drug-likeness (QED) is 0.776. The summed E-state index contributed by atoms with van der Waals surface area (Å²) >= 11 is 4.96. The summed E-state index contributed by atoms with van der Waals surface area (Å²) < 4.78 is 2.57. The van der Waals surface area contributed by atoms with Crippen molar-refractivity contribution in [1.29, 1.82) is 0 Å². The standard InChI is InChI=1S/C14H9BrN2O2S/c15-9-3-1-4-10(7-9)17-12(13-5-2-6-20-13)8-11(16-17)14(18)19/h1-8H,(H,18,19). The van der Waals surface area contributed by atoms with Crippen LogP contribution >= 0.6 is 27.3 Å². The van der Waals surface area contributed by atoms with Crippen molar-refractivity contribution in [2.75, 3.05) is 0 Å². The molecule has 3 rings (SSSR count). The predicted octanol–water partition coefficient (Wildman–Crippen LogP) is 4.06. The highest BCUT2D eigenvalue weighted by molar-refractivity contribution is 9.10. The van der Waals surface area contributed by atoms with Crippen LogP contribution in [0, 0.1) is 0 Å². The molecule has 0 atom stereocenters. The Labute approximate surface area is 127 Å². The van der Waals surface area contributed by atoms with E-state index in [0.717, 1.165) is 20.7 Å². The smallest absolute Gasteiger partial charge is 0.356 e. The van der Waals surface area contributed by atoms with E-state index in [0.29, 0.717) is 0 Å². The second kappa shape index (κ2) is 5.22. The highest BCUT2D eigenvalue weighted by Crippen LogP contribution is 2.28. The third-order valence-electron chi connectivity index (χ3n) is 2.75. The number of thiophene rings is 1. The van der Waals surface area contributed by atoms with Crippen molar-refractivity contribution in [1.82, 2.24) is 9.78 Å². The van der Waals surface area contributed by atoms with Gasteiger partial charge >= 0.3 is 5.97 Å². The molecule has 1 aromatic carbocycles. The van der Waals surface area contributed by atoms with Gasteiger partial charge in [0.25, 0.3) is 0 Å². The number of rotatable bonds is 3. The largest absolute Gasteiger partial charge is 0.476 e. The molecule has 0 aliphatic heterocycles. The Morgan fingerprint density at radius 2 is 2.10 bits per heavy atom. The molecule has 3 aromatic rings. The molecule has 4 nitrogen and oxygen atoms in total. The molecule has 0 unspecified atom stereocenters. The van der Waals surface area contributed by atoms with Gasteiger partial charge in [-0.05, 0) is 29.6 Å². The number of aromatic carboxylic acids is 1. The molecule has 0 fully saturated rings. The van der Waals surface area contributed by atoms with Crippen LogP contribution in [-0.4, -0.2) is 20.9 Å². The van der Waals surface area contributed by atoms with E-state index in [2.05, 4.69) is 21.0 Å². The predicted molar refractivity (Wildman–Crippen MR) is 81.5 cm³/mol. The first-order chi connectivity index (χ1) is 9.65. The molecule has 0 spiro atoms. The van der Waals surface area contributed by atoms with Crippen LogP contribution in [0.1, 0.15) is 10.5 Å². The van der Waals surface area contributed by atoms with Crippen LogP contribution in [0.25, 0.3) is 16.3 Å². The summed E-state index contributed by atoms with van der Waals surface area (Å²) in [6.07, 6.45) is 0. The molecule has 100 valence electrons. The van der Waals surface area contributed by atoms with E-state index in [1.54, 1.807) is 22.1 Å². The Hall–Kier alpha value is -1.92. The normalized spacial score (nSPS) is 10.7. The van der Waals surface area contributed by atoms with Gasteiger partial charge in [0, 0.05) is 10.5 Å². The van der Waals surface area contributed by atoms with Crippen molar-refractivity contribution >= 4 is 33.2 Å². The second-order valence-electron chi connectivity index (χ2n) is 4.09. The first kappa shape index (κ1) is 13.1. The summed E-state index contributed by atoms with van der Waals surface area (Å²) in [6.45, 7) is 0. The number of hydrogen-bond acceptors (Lipinski definition) is 3. The van der Waals surface area contributed by atoms with Crippen molar-refractivity contribution in [2.45, 2.75) is 0 Å². The van der Waals surface area contributed by atoms with E-state index >= 15 is 0 Å². The first-order valence-corrected chi connectivity index (χ1v) is 7.45. The average Bonchev–Trinajstić information content (AvgIpc) is 3.07. The second-order valence-corrected chi connectivity index (χ2v) is 5.95. The molecule has 0 saturated carbocycles. The molecule has 1 N–H and O–H groups in total. The molecule has 0 aliphatic rings. The number of carboxylic acids is 1. The van der Waals surface area contributed by atoms with Crippen LogP contribution in [0.5, 0.6) is 0 Å². The molecule has 0 bridgehead atoms. The summed E-state index contributed by atoms with van der Waals surface area (Å²) in [4.78, 5) is 12.1. The van der Waals surface area contributed by atoms with Gasteiger partial charge in [-0.2, -0.15) is 5.10 Å². The number of hydrogen-bond donors (Lipinski definition) is 1. The monoisotopic (exact) mass is 348 g/mol. The zero-order valence-corrected chi connectivity index (χ0v) is 12.6. The summed E-state index contributed by atoms with van der Waals surface area (Å²) in [6, 6.07) is 13.1. The Morgan fingerprint density at radius 1 is 1.25 bits per heavy atom. The fraction of sp³-hybridized carbons (Fsp3) is 0. The summed E-state index contributed by atoms with van der Waals surface area (Å²) in [7, 11) is 0. The molecular weight excluding hydrogens is 340 g/mol. The van der Waals surface area contributed by atoms with E-state index in [1.165, 1.54) is 0 Å². The maximum atomic E-state index is 11.2. The van der Waals surface area contributed by atoms with Gasteiger partial charge in [0.15, 0.2) is 5.69 Å². The summed E-state index contributed by atoms with van der Waals surface area (Å²) in [5, 5.41) is 15.3. The SMILES string of the molecule is O=C(O)c1cc(-c2cccs2)n(-c2cccc(Br)c2)n1. The van der Waals surface area contributed by atoms with E-state index in [-0.39, 0.29) is 5.69 Å². The Kier molecular flexibility index (Phi) is 3.42. The van der Waals surface area contributed by atoms with E-state index in [1.807, 2.05) is 41.8 Å². The number of aromatic nitrogens is 2. The van der Waals surface area contributed by atoms with Gasteiger partial charge in [0.05, 0.1) is 16.3 Å². The molecule has 2 aromatic heterocycles. The van der Waals surface area contributed by atoms with E-state index in [9.17, 15) is 4.79 Å². The lowest BCUT2D eigenvalue weighted by atomic mass is 10.3. The zero-order chi connectivity index (χ0) is 14.1. The van der Waals surface area contributed by atoms with Gasteiger partial charge in [-0.25, -0.2) is 9.48 Å². The Morgan fingerprint density at radius 3 is 2.75 bits per heavy atom. The van der Waals surface area contributed by atoms with Gasteiger partial charge in [-0.15, -0.1) is 11.3 Å². The maximum Gasteiger partial charge on any atom is 0.356 e. The highest BCUT2D eigenvalue weighted by Gasteiger charge is 2.16. The van der Waals surface area contributed by atoms with Crippen molar-refractivity contribution in [2.24, 2.45) is 0 Å². The van der Waals surface area contributed by atoms with Crippen LogP contribution < -0.4 is 0 Å². The van der Waals surface area contributed by atoms with Crippen LogP contribution in [0.4, 0.5) is 0 Å². The molecular formula is C14H9BrN2O2S. The minimum atomic E-state index is -1.03. The van der Waals surface area contributed by atoms with Crippen LogP contribution in [0.2, 0.25) is 0 Å². The minimum Gasteiger partial charge on any atom is -0.476 e. The zero-order valence-electron chi connectivity index (χ0n) is 10.2. The Bertz CT molecular complexity index is 765. The maximum absolute atomic E-state index is 11.2. The van der Waals surface area contributed by atoms with E-state index < -0.39 is 5.97 Å². The summed E-state index contributed by atoms with van der Waals surface area (Å²) in [5.41, 5.74) is 1.62. The molecule has 0 radical (unpaired) electrons. The lowest BCUT2D eigenvalue weighted by Gasteiger charge is -2.06. The van der Waals surface area contributed by atoms with Gasteiger partial charge in [-0.1, -0.05) is 28.1 Å². The number of benzene rings is 1. The molecule has 20 heavy (non-hydrogen) atoms. The Balaban J connectivity index is 2.21. The van der Waals surface area contributed by atoms with Crippen LogP contribution in [0.3, 0.4) is 0 Å². The van der Waals surface area contributed by atoms with E-state index in [4.69, 9.17) is 5.11 Å². The third-order valence-corrected chi connectivity index (χ3v) is 4.14. The number of halogens is 1.